The molecule has 5 heteroatoms. The maximum absolute atomic E-state index is 10.5. The van der Waals surface area contributed by atoms with Crippen LogP contribution in [0.4, 0.5) is 0 Å². The summed E-state index contributed by atoms with van der Waals surface area (Å²) >= 11 is 5.60. The summed E-state index contributed by atoms with van der Waals surface area (Å²) in [5.74, 6) is -0.940. The number of carbonyl (C=O) groups is 1. The number of nitrogens with two attached hydrogens (primary N) is 1. The Balaban J connectivity index is 2.91. The zero-order chi connectivity index (χ0) is 10.8. The number of pyridine rings is 1. The van der Waals surface area contributed by atoms with Gasteiger partial charge in [-0.15, -0.1) is 0 Å². The summed E-state index contributed by atoms with van der Waals surface area (Å²) in [5, 5.41) is 9.00. The van der Waals surface area contributed by atoms with Crippen LogP contribution in [0.25, 0.3) is 0 Å². The molecule has 0 aliphatic rings. The summed E-state index contributed by atoms with van der Waals surface area (Å²) in [4.78, 5) is 14.4. The van der Waals surface area contributed by atoms with E-state index >= 15 is 0 Å². The highest BCUT2D eigenvalue weighted by Crippen LogP contribution is 2.21. The zero-order valence-corrected chi connectivity index (χ0v) is 8.45. The number of aromatic nitrogens is 1. The Labute approximate surface area is 86.7 Å². The van der Waals surface area contributed by atoms with Gasteiger partial charge in [-0.1, -0.05) is 17.7 Å². The topological polar surface area (TPSA) is 76.2 Å². The van der Waals surface area contributed by atoms with Gasteiger partial charge in [-0.2, -0.15) is 0 Å². The maximum atomic E-state index is 10.5. The smallest absolute Gasteiger partial charge is 0.305 e. The fraction of sp³-hybridized carbons (Fsp3) is 0.333. The minimum atomic E-state index is -0.940. The van der Waals surface area contributed by atoms with Crippen LogP contribution in [0.5, 0.6) is 0 Å². The molecule has 0 amide bonds. The molecule has 0 aliphatic carbocycles. The molecule has 0 bridgehead atoms. The maximum Gasteiger partial charge on any atom is 0.305 e. The van der Waals surface area contributed by atoms with Crippen LogP contribution >= 0.6 is 11.6 Å². The molecule has 0 aliphatic heterocycles. The molecule has 0 radical (unpaired) electrons. The van der Waals surface area contributed by atoms with Crippen molar-refractivity contribution < 1.29 is 9.90 Å². The minimum absolute atomic E-state index is 0.143. The molecule has 76 valence electrons. The van der Waals surface area contributed by atoms with Gasteiger partial charge in [-0.05, 0) is 18.6 Å². The van der Waals surface area contributed by atoms with E-state index in [1.165, 1.54) is 6.20 Å². The van der Waals surface area contributed by atoms with Crippen molar-refractivity contribution in [1.82, 2.24) is 4.98 Å². The molecule has 1 atom stereocenters. The van der Waals surface area contributed by atoms with Crippen molar-refractivity contribution in [2.24, 2.45) is 5.73 Å². The number of carboxylic acid groups (broad SMARTS) is 1. The van der Waals surface area contributed by atoms with E-state index < -0.39 is 11.5 Å². The van der Waals surface area contributed by atoms with Gasteiger partial charge < -0.3 is 10.8 Å². The van der Waals surface area contributed by atoms with Crippen molar-refractivity contribution >= 4 is 17.6 Å². The van der Waals surface area contributed by atoms with Crippen LogP contribution < -0.4 is 5.73 Å². The molecule has 0 fully saturated rings. The van der Waals surface area contributed by atoms with Crippen molar-refractivity contribution in [3.63, 3.8) is 0 Å². The van der Waals surface area contributed by atoms with Crippen molar-refractivity contribution in [2.45, 2.75) is 18.9 Å². The first-order valence-electron chi connectivity index (χ1n) is 4.04. The van der Waals surface area contributed by atoms with Crippen molar-refractivity contribution in [3.8, 4) is 0 Å². The summed E-state index contributed by atoms with van der Waals surface area (Å²) in [6.07, 6.45) is 1.35. The lowest BCUT2D eigenvalue weighted by atomic mass is 9.91. The molecular weight excluding hydrogens is 204 g/mol. The first-order valence-corrected chi connectivity index (χ1v) is 4.42. The van der Waals surface area contributed by atoms with Crippen LogP contribution in [0, 0.1) is 0 Å². The number of rotatable bonds is 3. The number of halogens is 1. The summed E-state index contributed by atoms with van der Waals surface area (Å²) in [6, 6.07) is 3.27. The Morgan fingerprint density at radius 2 is 2.36 bits per heavy atom. The molecule has 0 saturated carbocycles. The van der Waals surface area contributed by atoms with Crippen molar-refractivity contribution in [2.75, 3.05) is 0 Å². The summed E-state index contributed by atoms with van der Waals surface area (Å²) in [5.41, 5.74) is 5.57. The van der Waals surface area contributed by atoms with Crippen LogP contribution in [-0.4, -0.2) is 16.1 Å². The molecule has 0 unspecified atom stereocenters. The standard InChI is InChI=1S/C9H11ClN2O2/c1-9(11,4-8(13)14)6-2-3-7(10)12-5-6/h2-3,5H,4,11H2,1H3,(H,13,14)/t9-/m0/s1. The van der Waals surface area contributed by atoms with E-state index in [1.54, 1.807) is 19.1 Å². The lowest BCUT2D eigenvalue weighted by molar-refractivity contribution is -0.138. The Kier molecular flexibility index (Phi) is 3.08. The van der Waals surface area contributed by atoms with E-state index in [4.69, 9.17) is 22.4 Å². The molecule has 0 spiro atoms. The van der Waals surface area contributed by atoms with Gasteiger partial charge in [0.05, 0.1) is 12.0 Å². The second-order valence-corrected chi connectivity index (χ2v) is 3.74. The molecule has 1 aromatic heterocycles. The first kappa shape index (κ1) is 10.9. The van der Waals surface area contributed by atoms with Gasteiger partial charge in [0.25, 0.3) is 0 Å². The van der Waals surface area contributed by atoms with Gasteiger partial charge in [0, 0.05) is 6.20 Å². The number of carboxylic acids is 1. The second-order valence-electron chi connectivity index (χ2n) is 3.36. The van der Waals surface area contributed by atoms with Gasteiger partial charge in [0.1, 0.15) is 5.15 Å². The summed E-state index contributed by atoms with van der Waals surface area (Å²) in [7, 11) is 0. The van der Waals surface area contributed by atoms with E-state index in [1.807, 2.05) is 0 Å². The normalized spacial score (nSPS) is 14.8. The van der Waals surface area contributed by atoms with E-state index in [2.05, 4.69) is 4.98 Å². The fourth-order valence-corrected chi connectivity index (χ4v) is 1.24. The molecule has 1 aromatic rings. The SMILES string of the molecule is C[C@](N)(CC(=O)O)c1ccc(Cl)nc1. The third-order valence-corrected chi connectivity index (χ3v) is 2.13. The Bertz CT molecular complexity index is 335. The van der Waals surface area contributed by atoms with E-state index in [0.29, 0.717) is 10.7 Å². The van der Waals surface area contributed by atoms with Crippen LogP contribution in [0.15, 0.2) is 18.3 Å². The van der Waals surface area contributed by atoms with Crippen LogP contribution in [-0.2, 0) is 10.3 Å². The van der Waals surface area contributed by atoms with Crippen LogP contribution in [0.2, 0.25) is 5.15 Å². The second kappa shape index (κ2) is 3.94. The highest BCUT2D eigenvalue weighted by atomic mass is 35.5. The monoisotopic (exact) mass is 214 g/mol. The Hall–Kier alpha value is -1.13. The van der Waals surface area contributed by atoms with Crippen molar-refractivity contribution in [1.29, 1.82) is 0 Å². The average molecular weight is 215 g/mol. The molecule has 4 nitrogen and oxygen atoms in total. The largest absolute Gasteiger partial charge is 0.481 e. The number of hydrogen-bond donors (Lipinski definition) is 2. The molecule has 0 saturated heterocycles. The van der Waals surface area contributed by atoms with Gasteiger partial charge in [-0.3, -0.25) is 4.79 Å². The van der Waals surface area contributed by atoms with Gasteiger partial charge in [0.15, 0.2) is 0 Å². The molecule has 1 rings (SSSR count). The fourth-order valence-electron chi connectivity index (χ4n) is 1.13. The number of aliphatic carboxylic acids is 1. The number of nitrogens with zero attached hydrogens (tertiary/aromatic N) is 1. The Morgan fingerprint density at radius 1 is 1.71 bits per heavy atom. The van der Waals surface area contributed by atoms with Gasteiger partial charge in [0.2, 0.25) is 0 Å². The molecule has 0 aromatic carbocycles. The van der Waals surface area contributed by atoms with Crippen molar-refractivity contribution in [3.05, 3.63) is 29.0 Å². The predicted octanol–water partition coefficient (Wildman–Crippen LogP) is 1.38. The summed E-state index contributed by atoms with van der Waals surface area (Å²) in [6.45, 7) is 1.64. The quantitative estimate of drug-likeness (QED) is 0.746. The summed E-state index contributed by atoms with van der Waals surface area (Å²) < 4.78 is 0. The molecular formula is C9H11ClN2O2. The Morgan fingerprint density at radius 3 is 2.79 bits per heavy atom. The molecule has 3 N–H and O–H groups in total. The molecule has 14 heavy (non-hydrogen) atoms. The lowest BCUT2D eigenvalue weighted by Crippen LogP contribution is -2.35. The lowest BCUT2D eigenvalue weighted by Gasteiger charge is -2.22. The highest BCUT2D eigenvalue weighted by molar-refractivity contribution is 6.29. The zero-order valence-electron chi connectivity index (χ0n) is 7.70. The van der Waals surface area contributed by atoms with Crippen LogP contribution in [0.1, 0.15) is 18.9 Å². The van der Waals surface area contributed by atoms with E-state index in [-0.39, 0.29) is 6.42 Å². The average Bonchev–Trinajstić information content (AvgIpc) is 2.02. The van der Waals surface area contributed by atoms with E-state index in [9.17, 15) is 4.79 Å². The van der Waals surface area contributed by atoms with E-state index in [0.717, 1.165) is 0 Å². The predicted molar refractivity (Wildman–Crippen MR) is 53.0 cm³/mol. The van der Waals surface area contributed by atoms with Gasteiger partial charge >= 0.3 is 5.97 Å². The highest BCUT2D eigenvalue weighted by Gasteiger charge is 2.24. The first-order chi connectivity index (χ1) is 6.42. The van der Waals surface area contributed by atoms with Gasteiger partial charge in [-0.25, -0.2) is 4.98 Å². The van der Waals surface area contributed by atoms with Crippen LogP contribution in [0.3, 0.4) is 0 Å². The third kappa shape index (κ3) is 2.68. The molecule has 1 heterocycles. The third-order valence-electron chi connectivity index (χ3n) is 1.91. The minimum Gasteiger partial charge on any atom is -0.481 e. The number of hydrogen-bond acceptors (Lipinski definition) is 3.